The van der Waals surface area contributed by atoms with Gasteiger partial charge in [0, 0.05) is 32.2 Å². The monoisotopic (exact) mass is 391 g/mol. The van der Waals surface area contributed by atoms with Crippen LogP contribution in [0.3, 0.4) is 0 Å². The fraction of sp³-hybridized carbons (Fsp3) is 0.682. The largest absolute Gasteiger partial charge is 0.497 e. The van der Waals surface area contributed by atoms with Gasteiger partial charge < -0.3 is 24.8 Å². The Hall–Kier alpha value is -1.79. The third kappa shape index (κ3) is 6.99. The predicted molar refractivity (Wildman–Crippen MR) is 114 cm³/mol. The molecule has 1 aliphatic rings. The van der Waals surface area contributed by atoms with Gasteiger partial charge in [0.05, 0.1) is 26.9 Å². The molecule has 0 heterocycles. The molecule has 0 bridgehead atoms. The summed E-state index contributed by atoms with van der Waals surface area (Å²) in [5.74, 6) is 1.81. The van der Waals surface area contributed by atoms with E-state index in [0.29, 0.717) is 13.2 Å². The minimum atomic E-state index is 0.111. The molecule has 28 heavy (non-hydrogen) atoms. The maximum Gasteiger partial charge on any atom is 0.191 e. The summed E-state index contributed by atoms with van der Waals surface area (Å²) in [6, 6.07) is 8.50. The molecule has 0 aliphatic heterocycles. The lowest BCUT2D eigenvalue weighted by Gasteiger charge is -2.28. The van der Waals surface area contributed by atoms with Gasteiger partial charge >= 0.3 is 0 Å². The van der Waals surface area contributed by atoms with E-state index in [4.69, 9.17) is 19.2 Å². The molecule has 2 rings (SSSR count). The molecule has 1 saturated carbocycles. The fourth-order valence-corrected chi connectivity index (χ4v) is 3.74. The Labute approximate surface area is 170 Å². The van der Waals surface area contributed by atoms with Gasteiger partial charge in [-0.2, -0.15) is 0 Å². The Balaban J connectivity index is 1.94. The second kappa shape index (κ2) is 12.6. The van der Waals surface area contributed by atoms with Crippen LogP contribution in [0.25, 0.3) is 0 Å². The Kier molecular flexibility index (Phi) is 10.1. The zero-order valence-electron chi connectivity index (χ0n) is 17.8. The first kappa shape index (κ1) is 22.5. The van der Waals surface area contributed by atoms with Crippen molar-refractivity contribution >= 4 is 5.96 Å². The number of methoxy groups -OCH3 is 2. The number of hydrogen-bond donors (Lipinski definition) is 2. The molecule has 0 radical (unpaired) electrons. The number of hydrogen-bond acceptors (Lipinski definition) is 4. The van der Waals surface area contributed by atoms with E-state index in [-0.39, 0.29) is 5.41 Å². The summed E-state index contributed by atoms with van der Waals surface area (Å²) in [7, 11) is 3.41. The second-order valence-corrected chi connectivity index (χ2v) is 7.30. The van der Waals surface area contributed by atoms with E-state index >= 15 is 0 Å². The normalized spacial score (nSPS) is 16.2. The van der Waals surface area contributed by atoms with Gasteiger partial charge in [0.1, 0.15) is 5.75 Å². The summed E-state index contributed by atoms with van der Waals surface area (Å²) >= 11 is 0. The van der Waals surface area contributed by atoms with Crippen LogP contribution in [0.5, 0.6) is 5.75 Å². The SMILES string of the molecule is CCNC(=NCC1(c2cccc(OC)c2)CCCC1)NCCCOCCOC. The third-order valence-corrected chi connectivity index (χ3v) is 5.32. The molecule has 0 spiro atoms. The number of nitrogens with zero attached hydrogens (tertiary/aromatic N) is 1. The molecule has 158 valence electrons. The molecule has 0 saturated heterocycles. The maximum absolute atomic E-state index is 5.52. The van der Waals surface area contributed by atoms with E-state index in [1.807, 2.05) is 6.07 Å². The van der Waals surface area contributed by atoms with Crippen LogP contribution in [0.4, 0.5) is 0 Å². The quantitative estimate of drug-likeness (QED) is 0.326. The number of aliphatic imine (C=N–C) groups is 1. The third-order valence-electron chi connectivity index (χ3n) is 5.32. The lowest BCUT2D eigenvalue weighted by molar-refractivity contribution is 0.0698. The number of benzene rings is 1. The van der Waals surface area contributed by atoms with Gasteiger partial charge in [-0.3, -0.25) is 4.99 Å². The highest BCUT2D eigenvalue weighted by molar-refractivity contribution is 5.79. The maximum atomic E-state index is 5.52. The molecule has 6 heteroatoms. The van der Waals surface area contributed by atoms with Crippen molar-refractivity contribution in [3.05, 3.63) is 29.8 Å². The molecule has 0 unspecified atom stereocenters. The summed E-state index contributed by atoms with van der Waals surface area (Å²) in [5.41, 5.74) is 1.45. The molecule has 0 atom stereocenters. The van der Waals surface area contributed by atoms with Crippen molar-refractivity contribution in [2.45, 2.75) is 44.4 Å². The van der Waals surface area contributed by atoms with E-state index in [0.717, 1.165) is 44.4 Å². The molecule has 1 aliphatic carbocycles. The first-order valence-electron chi connectivity index (χ1n) is 10.5. The number of rotatable bonds is 12. The Morgan fingerprint density at radius 2 is 1.93 bits per heavy atom. The summed E-state index contributed by atoms with van der Waals surface area (Å²) in [6.45, 7) is 6.59. The van der Waals surface area contributed by atoms with Gasteiger partial charge in [-0.15, -0.1) is 0 Å². The van der Waals surface area contributed by atoms with Crippen LogP contribution in [-0.2, 0) is 14.9 Å². The van der Waals surface area contributed by atoms with E-state index in [1.54, 1.807) is 14.2 Å². The molecular weight excluding hydrogens is 354 g/mol. The number of guanidine groups is 1. The standard InChI is InChI=1S/C22H37N3O3/c1-4-23-21(24-13-8-14-28-16-15-26-2)25-18-22(11-5-6-12-22)19-9-7-10-20(17-19)27-3/h7,9-10,17H,4-6,8,11-16,18H2,1-3H3,(H2,23,24,25). The van der Waals surface area contributed by atoms with Gasteiger partial charge in [0.15, 0.2) is 5.96 Å². The van der Waals surface area contributed by atoms with Crippen molar-refractivity contribution in [1.29, 1.82) is 0 Å². The molecule has 6 nitrogen and oxygen atoms in total. The van der Waals surface area contributed by atoms with Gasteiger partial charge in [-0.1, -0.05) is 25.0 Å². The van der Waals surface area contributed by atoms with Crippen LogP contribution < -0.4 is 15.4 Å². The van der Waals surface area contributed by atoms with E-state index in [9.17, 15) is 0 Å². The van der Waals surface area contributed by atoms with Crippen LogP contribution in [0.1, 0.15) is 44.6 Å². The average molecular weight is 392 g/mol. The van der Waals surface area contributed by atoms with Crippen molar-refractivity contribution in [3.63, 3.8) is 0 Å². The topological polar surface area (TPSA) is 64.1 Å². The van der Waals surface area contributed by atoms with Crippen molar-refractivity contribution in [3.8, 4) is 5.75 Å². The number of ether oxygens (including phenoxy) is 3. The molecule has 2 N–H and O–H groups in total. The molecule has 1 aromatic rings. The minimum absolute atomic E-state index is 0.111. The Morgan fingerprint density at radius 3 is 2.64 bits per heavy atom. The molecule has 0 aromatic heterocycles. The van der Waals surface area contributed by atoms with E-state index < -0.39 is 0 Å². The van der Waals surface area contributed by atoms with Crippen LogP contribution in [0.15, 0.2) is 29.3 Å². The highest BCUT2D eigenvalue weighted by Crippen LogP contribution is 2.42. The highest BCUT2D eigenvalue weighted by atomic mass is 16.5. The number of nitrogens with one attached hydrogen (secondary N) is 2. The lowest BCUT2D eigenvalue weighted by atomic mass is 9.79. The molecule has 1 fully saturated rings. The Morgan fingerprint density at radius 1 is 1.11 bits per heavy atom. The summed E-state index contributed by atoms with van der Waals surface area (Å²) < 4.78 is 15.9. The van der Waals surface area contributed by atoms with Gasteiger partial charge in [-0.25, -0.2) is 0 Å². The van der Waals surface area contributed by atoms with Crippen LogP contribution in [0, 0.1) is 0 Å². The Bertz CT molecular complexity index is 586. The fourth-order valence-electron chi connectivity index (χ4n) is 3.74. The van der Waals surface area contributed by atoms with Crippen molar-refractivity contribution in [2.24, 2.45) is 4.99 Å². The van der Waals surface area contributed by atoms with E-state index in [1.165, 1.54) is 31.2 Å². The first-order chi connectivity index (χ1) is 13.7. The van der Waals surface area contributed by atoms with Crippen LogP contribution in [0.2, 0.25) is 0 Å². The average Bonchev–Trinajstić information content (AvgIpc) is 3.21. The van der Waals surface area contributed by atoms with Gasteiger partial charge in [0.25, 0.3) is 0 Å². The van der Waals surface area contributed by atoms with E-state index in [2.05, 4.69) is 35.8 Å². The molecule has 1 aromatic carbocycles. The zero-order valence-corrected chi connectivity index (χ0v) is 17.8. The van der Waals surface area contributed by atoms with Gasteiger partial charge in [0.2, 0.25) is 0 Å². The summed E-state index contributed by atoms with van der Waals surface area (Å²) in [5, 5.41) is 6.79. The smallest absolute Gasteiger partial charge is 0.191 e. The van der Waals surface area contributed by atoms with Gasteiger partial charge in [-0.05, 0) is 43.9 Å². The predicted octanol–water partition coefficient (Wildman–Crippen LogP) is 3.12. The second-order valence-electron chi connectivity index (χ2n) is 7.30. The van der Waals surface area contributed by atoms with Crippen LogP contribution >= 0.6 is 0 Å². The molecule has 0 amide bonds. The van der Waals surface area contributed by atoms with Crippen molar-refractivity contribution < 1.29 is 14.2 Å². The highest BCUT2D eigenvalue weighted by Gasteiger charge is 2.35. The van der Waals surface area contributed by atoms with Crippen LogP contribution in [-0.4, -0.2) is 59.6 Å². The van der Waals surface area contributed by atoms with Crippen molar-refractivity contribution in [1.82, 2.24) is 10.6 Å². The molecular formula is C22H37N3O3. The summed E-state index contributed by atoms with van der Waals surface area (Å²) in [4.78, 5) is 4.94. The van der Waals surface area contributed by atoms with Crippen molar-refractivity contribution in [2.75, 3.05) is 53.7 Å². The zero-order chi connectivity index (χ0) is 20.1. The summed E-state index contributed by atoms with van der Waals surface area (Å²) in [6.07, 6.45) is 5.81. The first-order valence-corrected chi connectivity index (χ1v) is 10.5. The minimum Gasteiger partial charge on any atom is -0.497 e. The lowest BCUT2D eigenvalue weighted by Crippen LogP contribution is -2.39.